The fourth-order valence-electron chi connectivity index (χ4n) is 6.04. The SMILES string of the molecule is CC/C=C\C/C=C\C/C=C\CCCCCCCC(=O)OC(COC(=O)CCCCCCCCCCCCCCCCCCCCC)COP(=O)(O)O. The van der Waals surface area contributed by atoms with Gasteiger partial charge in [-0.05, 0) is 44.9 Å². The third-order valence-corrected chi connectivity index (χ3v) is 9.66. The van der Waals surface area contributed by atoms with Gasteiger partial charge in [-0.1, -0.05) is 185 Å². The number of rotatable bonds is 39. The predicted octanol–water partition coefficient (Wildman–Crippen LogP) is 13.0. The first-order valence-corrected chi connectivity index (χ1v) is 22.8. The summed E-state index contributed by atoms with van der Waals surface area (Å²) in [6.45, 7) is 3.58. The van der Waals surface area contributed by atoms with Crippen molar-refractivity contribution in [2.24, 2.45) is 0 Å². The van der Waals surface area contributed by atoms with Crippen LogP contribution in [-0.2, 0) is 28.2 Å². The average molecular weight is 755 g/mol. The van der Waals surface area contributed by atoms with Crippen molar-refractivity contribution in [1.82, 2.24) is 0 Å². The van der Waals surface area contributed by atoms with Gasteiger partial charge in [0.15, 0.2) is 6.10 Å². The smallest absolute Gasteiger partial charge is 0.462 e. The van der Waals surface area contributed by atoms with Crippen molar-refractivity contribution >= 4 is 19.8 Å². The minimum Gasteiger partial charge on any atom is -0.462 e. The van der Waals surface area contributed by atoms with Gasteiger partial charge in [0.1, 0.15) is 6.61 Å². The summed E-state index contributed by atoms with van der Waals surface area (Å²) >= 11 is 0. The summed E-state index contributed by atoms with van der Waals surface area (Å²) in [5, 5.41) is 0. The molecular weight excluding hydrogens is 675 g/mol. The summed E-state index contributed by atoms with van der Waals surface area (Å²) in [6, 6.07) is 0. The summed E-state index contributed by atoms with van der Waals surface area (Å²) in [5.74, 6) is -0.898. The maximum atomic E-state index is 12.4. The van der Waals surface area contributed by atoms with Gasteiger partial charge in [0.05, 0.1) is 6.61 Å². The lowest BCUT2D eigenvalue weighted by Gasteiger charge is -2.18. The lowest BCUT2D eigenvalue weighted by molar-refractivity contribution is -0.161. The molecule has 8 nitrogen and oxygen atoms in total. The molecule has 0 amide bonds. The summed E-state index contributed by atoms with van der Waals surface area (Å²) in [6.07, 6.45) is 45.8. The van der Waals surface area contributed by atoms with E-state index >= 15 is 0 Å². The fourth-order valence-corrected chi connectivity index (χ4v) is 6.40. The molecule has 0 saturated heterocycles. The minimum absolute atomic E-state index is 0.194. The van der Waals surface area contributed by atoms with Crippen molar-refractivity contribution in [1.29, 1.82) is 0 Å². The van der Waals surface area contributed by atoms with E-state index in [9.17, 15) is 14.2 Å². The second kappa shape index (κ2) is 39.0. The standard InChI is InChI=1S/C43H79O8P/c1-3-5-7-9-11-13-15-17-19-20-21-22-24-25-27-29-31-33-35-37-42(44)49-39-41(40-50-52(46,47)48)51-43(45)38-36-34-32-30-28-26-23-18-16-14-12-10-8-6-4-2/h6,8,12,14,18,23,41H,3-5,7,9-11,13,15-17,19-22,24-40H2,1-2H3,(H2,46,47,48)/b8-6-,14-12-,23-18-. The summed E-state index contributed by atoms with van der Waals surface area (Å²) < 4.78 is 26.4. The molecule has 1 unspecified atom stereocenters. The number of carbonyl (C=O) groups excluding carboxylic acids is 2. The summed E-state index contributed by atoms with van der Waals surface area (Å²) in [7, 11) is -4.76. The highest BCUT2D eigenvalue weighted by Gasteiger charge is 2.22. The minimum atomic E-state index is -4.76. The van der Waals surface area contributed by atoms with Gasteiger partial charge in [0.25, 0.3) is 0 Å². The van der Waals surface area contributed by atoms with E-state index in [1.807, 2.05) is 0 Å². The average Bonchev–Trinajstić information content (AvgIpc) is 3.11. The van der Waals surface area contributed by atoms with E-state index in [2.05, 4.69) is 54.8 Å². The van der Waals surface area contributed by atoms with Gasteiger partial charge in [-0.3, -0.25) is 14.1 Å². The zero-order valence-corrected chi connectivity index (χ0v) is 34.4. The Balaban J connectivity index is 3.89. The van der Waals surface area contributed by atoms with Crippen LogP contribution in [0.2, 0.25) is 0 Å². The van der Waals surface area contributed by atoms with Crippen LogP contribution < -0.4 is 0 Å². The zero-order chi connectivity index (χ0) is 38.2. The Hall–Kier alpha value is -1.73. The van der Waals surface area contributed by atoms with E-state index in [0.717, 1.165) is 70.6 Å². The zero-order valence-electron chi connectivity index (χ0n) is 33.5. The molecule has 0 saturated carbocycles. The van der Waals surface area contributed by atoms with Crippen molar-refractivity contribution in [2.45, 2.75) is 213 Å². The number of carbonyl (C=O) groups is 2. The van der Waals surface area contributed by atoms with E-state index in [4.69, 9.17) is 19.3 Å². The number of hydrogen-bond donors (Lipinski definition) is 2. The van der Waals surface area contributed by atoms with Crippen molar-refractivity contribution in [3.8, 4) is 0 Å². The van der Waals surface area contributed by atoms with Crippen LogP contribution in [0.15, 0.2) is 36.5 Å². The molecule has 304 valence electrons. The third kappa shape index (κ3) is 41.0. The molecule has 0 aromatic carbocycles. The fraction of sp³-hybridized carbons (Fsp3) is 0.814. The van der Waals surface area contributed by atoms with Gasteiger partial charge in [0.2, 0.25) is 0 Å². The molecular formula is C43H79O8P. The highest BCUT2D eigenvalue weighted by Crippen LogP contribution is 2.36. The molecule has 0 fully saturated rings. The van der Waals surface area contributed by atoms with Crippen LogP contribution in [0, 0.1) is 0 Å². The first kappa shape index (κ1) is 50.3. The van der Waals surface area contributed by atoms with E-state index in [1.165, 1.54) is 103 Å². The molecule has 0 aromatic heterocycles. The number of hydrogen-bond acceptors (Lipinski definition) is 6. The molecule has 0 rings (SSSR count). The summed E-state index contributed by atoms with van der Waals surface area (Å²) in [5.41, 5.74) is 0. The van der Waals surface area contributed by atoms with E-state index in [0.29, 0.717) is 6.42 Å². The first-order chi connectivity index (χ1) is 25.3. The van der Waals surface area contributed by atoms with Crippen molar-refractivity contribution < 1.29 is 37.9 Å². The van der Waals surface area contributed by atoms with Gasteiger partial charge in [-0.15, -0.1) is 0 Å². The molecule has 0 aliphatic carbocycles. The van der Waals surface area contributed by atoms with E-state index in [1.54, 1.807) is 0 Å². The van der Waals surface area contributed by atoms with Crippen molar-refractivity contribution in [2.75, 3.05) is 13.2 Å². The highest BCUT2D eigenvalue weighted by molar-refractivity contribution is 7.46. The summed E-state index contributed by atoms with van der Waals surface area (Å²) in [4.78, 5) is 42.8. The number of phosphoric acid groups is 1. The Morgan fingerprint density at radius 3 is 1.38 bits per heavy atom. The second-order valence-electron chi connectivity index (χ2n) is 14.3. The highest BCUT2D eigenvalue weighted by atomic mass is 31.2. The van der Waals surface area contributed by atoms with Gasteiger partial charge in [0, 0.05) is 12.8 Å². The molecule has 2 N–H and O–H groups in total. The number of allylic oxidation sites excluding steroid dienone is 6. The molecule has 0 radical (unpaired) electrons. The molecule has 0 aliphatic rings. The number of unbranched alkanes of at least 4 members (excludes halogenated alkanes) is 23. The van der Waals surface area contributed by atoms with Crippen LogP contribution in [0.5, 0.6) is 0 Å². The number of ether oxygens (including phenoxy) is 2. The molecule has 0 aromatic rings. The van der Waals surface area contributed by atoms with Crippen LogP contribution in [-0.4, -0.2) is 41.0 Å². The quantitative estimate of drug-likeness (QED) is 0.0275. The van der Waals surface area contributed by atoms with Crippen LogP contribution >= 0.6 is 7.82 Å². The normalized spacial score (nSPS) is 12.8. The van der Waals surface area contributed by atoms with E-state index < -0.39 is 32.5 Å². The largest absolute Gasteiger partial charge is 0.469 e. The Morgan fingerprint density at radius 2 is 0.923 bits per heavy atom. The first-order valence-electron chi connectivity index (χ1n) is 21.3. The number of esters is 2. The second-order valence-corrected chi connectivity index (χ2v) is 15.5. The van der Waals surface area contributed by atoms with Gasteiger partial charge < -0.3 is 19.3 Å². The Bertz CT molecular complexity index is 941. The topological polar surface area (TPSA) is 119 Å². The van der Waals surface area contributed by atoms with Gasteiger partial charge in [-0.25, -0.2) is 4.57 Å². The van der Waals surface area contributed by atoms with Crippen LogP contribution in [0.4, 0.5) is 0 Å². The molecule has 1 atom stereocenters. The van der Waals surface area contributed by atoms with Gasteiger partial charge >= 0.3 is 19.8 Å². The van der Waals surface area contributed by atoms with Crippen molar-refractivity contribution in [3.05, 3.63) is 36.5 Å². The molecule has 52 heavy (non-hydrogen) atoms. The Morgan fingerprint density at radius 1 is 0.519 bits per heavy atom. The molecule has 0 bridgehead atoms. The molecule has 0 spiro atoms. The van der Waals surface area contributed by atoms with Crippen LogP contribution in [0.1, 0.15) is 206 Å². The Labute approximate surface area is 319 Å². The Kier molecular flexibility index (Phi) is 37.7. The van der Waals surface area contributed by atoms with E-state index in [-0.39, 0.29) is 19.4 Å². The molecule has 9 heteroatoms. The number of phosphoric ester groups is 1. The van der Waals surface area contributed by atoms with Crippen molar-refractivity contribution in [3.63, 3.8) is 0 Å². The molecule has 0 heterocycles. The van der Waals surface area contributed by atoms with Crippen LogP contribution in [0.25, 0.3) is 0 Å². The maximum Gasteiger partial charge on any atom is 0.469 e. The lowest BCUT2D eigenvalue weighted by atomic mass is 10.0. The lowest BCUT2D eigenvalue weighted by Crippen LogP contribution is -2.29. The predicted molar refractivity (Wildman–Crippen MR) is 216 cm³/mol. The maximum absolute atomic E-state index is 12.4. The third-order valence-electron chi connectivity index (χ3n) is 9.17. The molecule has 0 aliphatic heterocycles. The van der Waals surface area contributed by atoms with Crippen LogP contribution in [0.3, 0.4) is 0 Å². The van der Waals surface area contributed by atoms with Gasteiger partial charge in [-0.2, -0.15) is 0 Å². The monoisotopic (exact) mass is 755 g/mol.